The van der Waals surface area contributed by atoms with Crippen LogP contribution in [0.15, 0.2) is 66.6 Å². The van der Waals surface area contributed by atoms with Gasteiger partial charge in [-0.3, -0.25) is 14.5 Å². The molecule has 0 unspecified atom stereocenters. The van der Waals surface area contributed by atoms with Crippen molar-refractivity contribution in [3.63, 3.8) is 0 Å². The van der Waals surface area contributed by atoms with Crippen LogP contribution in [-0.2, 0) is 10.0 Å². The lowest BCUT2D eigenvalue weighted by Gasteiger charge is -2.24. The standard InChI is InChI=1S/C24H21N7O3S2/c1-31(16-6-4-15(5-7-16)30-36(2,33)34)19-8-3-14-11-26-10-9-17(14)20(19)29-24(32)18-12-35-22-21(18)27-13-28-23(22)25/h3-13,30H,1-2H3,(H,29,32)(H2,25,27,28). The Labute approximate surface area is 210 Å². The number of rotatable bonds is 6. The fourth-order valence-electron chi connectivity index (χ4n) is 3.89. The molecule has 0 spiro atoms. The van der Waals surface area contributed by atoms with Gasteiger partial charge in [0.1, 0.15) is 12.1 Å². The first kappa shape index (κ1) is 23.5. The Morgan fingerprint density at radius 1 is 1.08 bits per heavy atom. The molecule has 3 aromatic heterocycles. The molecule has 0 aliphatic carbocycles. The van der Waals surface area contributed by atoms with E-state index in [0.29, 0.717) is 33.0 Å². The zero-order chi connectivity index (χ0) is 25.4. The first-order valence-corrected chi connectivity index (χ1v) is 13.5. The molecule has 10 nitrogen and oxygen atoms in total. The van der Waals surface area contributed by atoms with E-state index in [1.54, 1.807) is 42.0 Å². The van der Waals surface area contributed by atoms with Crippen molar-refractivity contribution >= 4 is 76.8 Å². The lowest BCUT2D eigenvalue weighted by molar-refractivity contribution is 0.102. The molecule has 0 aliphatic heterocycles. The molecule has 182 valence electrons. The monoisotopic (exact) mass is 519 g/mol. The smallest absolute Gasteiger partial charge is 0.258 e. The molecule has 5 aromatic rings. The van der Waals surface area contributed by atoms with Crippen molar-refractivity contribution in [2.45, 2.75) is 0 Å². The van der Waals surface area contributed by atoms with E-state index < -0.39 is 10.0 Å². The summed E-state index contributed by atoms with van der Waals surface area (Å²) in [5.41, 5.74) is 9.43. The van der Waals surface area contributed by atoms with E-state index in [0.717, 1.165) is 28.4 Å². The Bertz CT molecular complexity index is 1720. The summed E-state index contributed by atoms with van der Waals surface area (Å²) < 4.78 is 26.2. The van der Waals surface area contributed by atoms with Gasteiger partial charge in [0.2, 0.25) is 10.0 Å². The van der Waals surface area contributed by atoms with E-state index >= 15 is 0 Å². The lowest BCUT2D eigenvalue weighted by atomic mass is 10.1. The number of amides is 1. The highest BCUT2D eigenvalue weighted by Gasteiger charge is 2.20. The zero-order valence-corrected chi connectivity index (χ0v) is 20.9. The molecule has 0 radical (unpaired) electrons. The van der Waals surface area contributed by atoms with Crippen LogP contribution < -0.4 is 20.7 Å². The van der Waals surface area contributed by atoms with Gasteiger partial charge in [-0.05, 0) is 36.4 Å². The predicted molar refractivity (Wildman–Crippen MR) is 144 cm³/mol. The molecule has 0 saturated carbocycles. The Kier molecular flexibility index (Phi) is 5.90. The number of nitrogens with one attached hydrogen (secondary N) is 2. The van der Waals surface area contributed by atoms with Crippen molar-refractivity contribution in [3.05, 3.63) is 72.1 Å². The Balaban J connectivity index is 1.55. The number of sulfonamides is 1. The Morgan fingerprint density at radius 3 is 2.61 bits per heavy atom. The molecule has 0 fully saturated rings. The van der Waals surface area contributed by atoms with Crippen molar-refractivity contribution in [1.29, 1.82) is 0 Å². The van der Waals surface area contributed by atoms with Gasteiger partial charge in [0.15, 0.2) is 0 Å². The van der Waals surface area contributed by atoms with E-state index in [1.165, 1.54) is 17.7 Å². The molecule has 36 heavy (non-hydrogen) atoms. The van der Waals surface area contributed by atoms with Gasteiger partial charge >= 0.3 is 0 Å². The molecule has 1 amide bonds. The second-order valence-corrected chi connectivity index (χ2v) is 10.7. The highest BCUT2D eigenvalue weighted by atomic mass is 32.2. The van der Waals surface area contributed by atoms with Gasteiger partial charge in [-0.2, -0.15) is 0 Å². The number of hydrogen-bond donors (Lipinski definition) is 3. The second-order valence-electron chi connectivity index (χ2n) is 8.08. The largest absolute Gasteiger partial charge is 0.382 e. The van der Waals surface area contributed by atoms with Crippen molar-refractivity contribution in [3.8, 4) is 0 Å². The molecule has 0 atom stereocenters. The summed E-state index contributed by atoms with van der Waals surface area (Å²) in [7, 11) is -1.51. The number of fused-ring (bicyclic) bond motifs is 2. The van der Waals surface area contributed by atoms with Crippen LogP contribution in [0.1, 0.15) is 10.4 Å². The van der Waals surface area contributed by atoms with Crippen LogP contribution in [0.4, 0.5) is 28.6 Å². The maximum atomic E-state index is 13.4. The van der Waals surface area contributed by atoms with Crippen molar-refractivity contribution in [1.82, 2.24) is 15.0 Å². The minimum Gasteiger partial charge on any atom is -0.382 e. The van der Waals surface area contributed by atoms with E-state index in [2.05, 4.69) is 25.0 Å². The summed E-state index contributed by atoms with van der Waals surface area (Å²) in [4.78, 5) is 27.8. The van der Waals surface area contributed by atoms with Gasteiger partial charge < -0.3 is 16.0 Å². The average Bonchev–Trinajstić information content (AvgIpc) is 3.29. The first-order chi connectivity index (χ1) is 17.2. The summed E-state index contributed by atoms with van der Waals surface area (Å²) in [5, 5.41) is 6.46. The second kappa shape index (κ2) is 9.06. The van der Waals surface area contributed by atoms with Gasteiger partial charge in [-0.25, -0.2) is 18.4 Å². The van der Waals surface area contributed by atoms with Gasteiger partial charge in [0, 0.05) is 47.0 Å². The lowest BCUT2D eigenvalue weighted by Crippen LogP contribution is -2.17. The maximum Gasteiger partial charge on any atom is 0.258 e. The average molecular weight is 520 g/mol. The number of carbonyl (C=O) groups is 1. The molecule has 4 N–H and O–H groups in total. The summed E-state index contributed by atoms with van der Waals surface area (Å²) in [6.45, 7) is 0. The number of carbonyl (C=O) groups excluding carboxylic acids is 1. The van der Waals surface area contributed by atoms with Crippen LogP contribution in [-0.4, -0.2) is 42.6 Å². The minimum absolute atomic E-state index is 0.328. The van der Waals surface area contributed by atoms with Crippen molar-refractivity contribution < 1.29 is 13.2 Å². The van der Waals surface area contributed by atoms with Gasteiger partial charge in [0.05, 0.1) is 33.4 Å². The van der Waals surface area contributed by atoms with E-state index in [1.807, 2.05) is 30.1 Å². The van der Waals surface area contributed by atoms with E-state index in [9.17, 15) is 13.2 Å². The number of nitrogen functional groups attached to an aromatic ring is 1. The molecule has 5 rings (SSSR count). The van der Waals surface area contributed by atoms with Crippen LogP contribution in [0.25, 0.3) is 21.0 Å². The number of aromatic nitrogens is 3. The van der Waals surface area contributed by atoms with Crippen LogP contribution in [0.5, 0.6) is 0 Å². The fourth-order valence-corrected chi connectivity index (χ4v) is 5.35. The van der Waals surface area contributed by atoms with Crippen LogP contribution >= 0.6 is 11.3 Å². The summed E-state index contributed by atoms with van der Waals surface area (Å²) in [6.07, 6.45) is 5.84. The van der Waals surface area contributed by atoms with Gasteiger partial charge in [0.25, 0.3) is 5.91 Å². The third-order valence-electron chi connectivity index (χ3n) is 5.58. The van der Waals surface area contributed by atoms with Crippen molar-refractivity contribution in [2.24, 2.45) is 0 Å². The molecule has 0 bridgehead atoms. The SMILES string of the molecule is CN(c1ccc(NS(C)(=O)=O)cc1)c1ccc2cnccc2c1NC(=O)c1csc2c(N)ncnc12. The topological polar surface area (TPSA) is 143 Å². The third kappa shape index (κ3) is 4.51. The van der Waals surface area contributed by atoms with Crippen molar-refractivity contribution in [2.75, 3.05) is 34.0 Å². The van der Waals surface area contributed by atoms with E-state index in [-0.39, 0.29) is 5.91 Å². The number of nitrogens with two attached hydrogens (primary N) is 1. The number of pyridine rings is 1. The summed E-state index contributed by atoms with van der Waals surface area (Å²) >= 11 is 1.32. The number of anilines is 5. The number of thiophene rings is 1. The number of hydrogen-bond acceptors (Lipinski definition) is 9. The summed E-state index contributed by atoms with van der Waals surface area (Å²) in [5.74, 6) is 0.000491. The van der Waals surface area contributed by atoms with Gasteiger partial charge in [-0.1, -0.05) is 6.07 Å². The molecule has 2 aromatic carbocycles. The Morgan fingerprint density at radius 2 is 1.86 bits per heavy atom. The third-order valence-corrected chi connectivity index (χ3v) is 7.18. The highest BCUT2D eigenvalue weighted by molar-refractivity contribution is 7.92. The molecule has 0 saturated heterocycles. The van der Waals surface area contributed by atoms with Gasteiger partial charge in [-0.15, -0.1) is 11.3 Å². The van der Waals surface area contributed by atoms with E-state index in [4.69, 9.17) is 5.73 Å². The van der Waals surface area contributed by atoms with Crippen LogP contribution in [0.3, 0.4) is 0 Å². The normalized spacial score (nSPS) is 11.5. The minimum atomic E-state index is -3.38. The number of benzene rings is 2. The molecule has 3 heterocycles. The molecular formula is C24H21N7O3S2. The zero-order valence-electron chi connectivity index (χ0n) is 19.3. The fraction of sp³-hybridized carbons (Fsp3) is 0.0833. The number of nitrogens with zero attached hydrogens (tertiary/aromatic N) is 4. The highest BCUT2D eigenvalue weighted by Crippen LogP contribution is 2.38. The molecule has 0 aliphatic rings. The maximum absolute atomic E-state index is 13.4. The molecule has 12 heteroatoms. The first-order valence-electron chi connectivity index (χ1n) is 10.7. The summed E-state index contributed by atoms with van der Waals surface area (Å²) in [6, 6.07) is 12.6. The van der Waals surface area contributed by atoms with Crippen LogP contribution in [0.2, 0.25) is 0 Å². The predicted octanol–water partition coefficient (Wildman–Crippen LogP) is 4.21. The Hall–Kier alpha value is -4.29. The molecular weight excluding hydrogens is 498 g/mol. The quantitative estimate of drug-likeness (QED) is 0.303. The van der Waals surface area contributed by atoms with Crippen LogP contribution in [0, 0.1) is 0 Å².